The van der Waals surface area contributed by atoms with Crippen molar-refractivity contribution < 1.29 is 46.8 Å². The van der Waals surface area contributed by atoms with E-state index in [-0.39, 0.29) is 36.3 Å². The summed E-state index contributed by atoms with van der Waals surface area (Å²) in [5.74, 6) is -2.24. The van der Waals surface area contributed by atoms with Gasteiger partial charge in [0.25, 0.3) is 0 Å². The van der Waals surface area contributed by atoms with Crippen LogP contribution < -0.4 is 0 Å². The van der Waals surface area contributed by atoms with Crippen LogP contribution in [0.5, 0.6) is 0 Å². The van der Waals surface area contributed by atoms with Crippen LogP contribution in [-0.4, -0.2) is 33.2 Å². The normalized spacial score (nSPS) is 6.94. The second-order valence-corrected chi connectivity index (χ2v) is 2.24. The Labute approximate surface area is 105 Å². The molecule has 0 bridgehead atoms. The molecule has 0 rings (SSSR count). The average molecular weight is 277 g/mol. The van der Waals surface area contributed by atoms with Gasteiger partial charge < -0.3 is 15.3 Å². The van der Waals surface area contributed by atoms with Gasteiger partial charge >= 0.3 is 17.9 Å². The zero-order chi connectivity index (χ0) is 12.9. The molecular weight excluding hydrogens is 259 g/mol. The van der Waals surface area contributed by atoms with E-state index in [1.807, 2.05) is 0 Å². The van der Waals surface area contributed by atoms with Crippen LogP contribution in [0.15, 0.2) is 0 Å². The van der Waals surface area contributed by atoms with E-state index >= 15 is 0 Å². The van der Waals surface area contributed by atoms with Gasteiger partial charge in [0.1, 0.15) is 0 Å². The van der Waals surface area contributed by atoms with Gasteiger partial charge in [0.15, 0.2) is 0 Å². The second-order valence-electron chi connectivity index (χ2n) is 2.24. The second kappa shape index (κ2) is 19.5. The Morgan fingerprint density at radius 2 is 0.750 bits per heavy atom. The first-order valence-electron chi connectivity index (χ1n) is 4.47. The predicted molar refractivity (Wildman–Crippen MR) is 53.8 cm³/mol. The number of hydrogen-bond acceptors (Lipinski definition) is 3. The fraction of sp³-hybridized carbons (Fsp3) is 0.667. The molecule has 0 aromatic heterocycles. The summed E-state index contributed by atoms with van der Waals surface area (Å²) < 4.78 is 0. The van der Waals surface area contributed by atoms with Crippen molar-refractivity contribution in [1.29, 1.82) is 0 Å². The maximum atomic E-state index is 9.37. The Morgan fingerprint density at radius 1 is 0.688 bits per heavy atom. The molecule has 0 heterocycles. The first-order chi connectivity index (χ1) is 6.81. The number of carboxylic acid groups (broad SMARTS) is 3. The summed E-state index contributed by atoms with van der Waals surface area (Å²) >= 11 is 0. The van der Waals surface area contributed by atoms with Crippen LogP contribution >= 0.6 is 0 Å². The van der Waals surface area contributed by atoms with E-state index in [1.165, 1.54) is 0 Å². The molecule has 16 heavy (non-hydrogen) atoms. The van der Waals surface area contributed by atoms with E-state index in [4.69, 9.17) is 15.3 Å². The summed E-state index contributed by atoms with van der Waals surface area (Å²) in [5.41, 5.74) is 0. The molecule has 0 spiro atoms. The van der Waals surface area contributed by atoms with Crippen molar-refractivity contribution >= 4 is 17.9 Å². The monoisotopic (exact) mass is 277 g/mol. The standard InChI is InChI=1S/3C3H6O2.Mn/c3*1-2-3(4)5;/h3*2H2,1H3,(H,4,5);. The molecule has 0 fully saturated rings. The molecule has 0 amide bonds. The van der Waals surface area contributed by atoms with E-state index in [9.17, 15) is 14.4 Å². The van der Waals surface area contributed by atoms with E-state index in [0.717, 1.165) is 0 Å². The summed E-state index contributed by atoms with van der Waals surface area (Å²) in [5, 5.41) is 23.2. The van der Waals surface area contributed by atoms with Gasteiger partial charge in [-0.25, -0.2) is 0 Å². The molecule has 97 valence electrons. The first-order valence-corrected chi connectivity index (χ1v) is 4.47. The molecule has 0 saturated heterocycles. The number of carbonyl (C=O) groups is 3. The van der Waals surface area contributed by atoms with Crippen molar-refractivity contribution in [1.82, 2.24) is 0 Å². The van der Waals surface area contributed by atoms with E-state index in [1.54, 1.807) is 20.8 Å². The van der Waals surface area contributed by atoms with Crippen molar-refractivity contribution in [2.75, 3.05) is 0 Å². The number of rotatable bonds is 3. The molecular formula is C9H18MnO6. The zero-order valence-electron chi connectivity index (χ0n) is 9.57. The Hall–Kier alpha value is -1.07. The average Bonchev–Trinajstić information content (AvgIpc) is 2.19. The van der Waals surface area contributed by atoms with Gasteiger partial charge in [-0.2, -0.15) is 0 Å². The third-order valence-electron chi connectivity index (χ3n) is 0.907. The summed E-state index contributed by atoms with van der Waals surface area (Å²) in [4.78, 5) is 28.1. The summed E-state index contributed by atoms with van der Waals surface area (Å²) in [6.07, 6.45) is 0.667. The molecule has 0 aliphatic heterocycles. The minimum atomic E-state index is -0.745. The number of hydrogen-bond donors (Lipinski definition) is 3. The number of carboxylic acids is 3. The molecule has 7 heteroatoms. The molecule has 0 aromatic carbocycles. The summed E-state index contributed by atoms with van der Waals surface area (Å²) in [6, 6.07) is 0. The maximum absolute atomic E-state index is 9.37. The summed E-state index contributed by atoms with van der Waals surface area (Å²) in [7, 11) is 0. The smallest absolute Gasteiger partial charge is 0.303 e. The zero-order valence-corrected chi connectivity index (χ0v) is 10.7. The Kier molecular flexibility index (Phi) is 29.5. The third kappa shape index (κ3) is 75.7. The van der Waals surface area contributed by atoms with Crippen LogP contribution in [0.3, 0.4) is 0 Å². The largest absolute Gasteiger partial charge is 0.481 e. The van der Waals surface area contributed by atoms with Crippen LogP contribution in [0.4, 0.5) is 0 Å². The van der Waals surface area contributed by atoms with Crippen LogP contribution in [0, 0.1) is 0 Å². The van der Waals surface area contributed by atoms with E-state index in [2.05, 4.69) is 0 Å². The molecule has 0 atom stereocenters. The van der Waals surface area contributed by atoms with Gasteiger partial charge in [0, 0.05) is 36.3 Å². The van der Waals surface area contributed by atoms with Gasteiger partial charge in [-0.3, -0.25) is 14.4 Å². The summed E-state index contributed by atoms with van der Waals surface area (Å²) in [6.45, 7) is 4.80. The molecule has 0 unspecified atom stereocenters. The van der Waals surface area contributed by atoms with E-state index in [0.29, 0.717) is 0 Å². The van der Waals surface area contributed by atoms with Crippen LogP contribution in [-0.2, 0) is 31.5 Å². The first kappa shape index (κ1) is 24.3. The molecule has 0 aliphatic rings. The molecule has 0 aliphatic carbocycles. The van der Waals surface area contributed by atoms with Crippen molar-refractivity contribution in [3.8, 4) is 0 Å². The predicted octanol–water partition coefficient (Wildman–Crippen LogP) is 1.44. The SMILES string of the molecule is CCC(=O)O.CCC(=O)O.CCC(=O)O.[Mn]. The molecule has 0 aromatic rings. The quantitative estimate of drug-likeness (QED) is 0.673. The molecule has 6 nitrogen and oxygen atoms in total. The Balaban J connectivity index is -0.0000000655. The third-order valence-corrected chi connectivity index (χ3v) is 0.907. The fourth-order valence-electron chi connectivity index (χ4n) is 0. The molecule has 3 N–H and O–H groups in total. The van der Waals surface area contributed by atoms with Crippen LogP contribution in [0.2, 0.25) is 0 Å². The minimum absolute atomic E-state index is 0. The minimum Gasteiger partial charge on any atom is -0.481 e. The van der Waals surface area contributed by atoms with Gasteiger partial charge in [0.05, 0.1) is 0 Å². The van der Waals surface area contributed by atoms with Crippen molar-refractivity contribution in [2.24, 2.45) is 0 Å². The van der Waals surface area contributed by atoms with Crippen molar-refractivity contribution in [3.63, 3.8) is 0 Å². The van der Waals surface area contributed by atoms with Gasteiger partial charge in [-0.15, -0.1) is 0 Å². The molecule has 0 saturated carbocycles. The van der Waals surface area contributed by atoms with E-state index < -0.39 is 17.9 Å². The Bertz CT molecular complexity index is 159. The maximum Gasteiger partial charge on any atom is 0.303 e. The Morgan fingerprint density at radius 3 is 0.750 bits per heavy atom. The van der Waals surface area contributed by atoms with Crippen LogP contribution in [0.1, 0.15) is 40.0 Å². The fourth-order valence-corrected chi connectivity index (χ4v) is 0. The topological polar surface area (TPSA) is 112 Å². The van der Waals surface area contributed by atoms with Crippen LogP contribution in [0.25, 0.3) is 0 Å². The number of aliphatic carboxylic acids is 3. The van der Waals surface area contributed by atoms with Gasteiger partial charge in [0.2, 0.25) is 0 Å². The van der Waals surface area contributed by atoms with Crippen molar-refractivity contribution in [2.45, 2.75) is 40.0 Å². The molecule has 1 radical (unpaired) electrons. The van der Waals surface area contributed by atoms with Gasteiger partial charge in [-0.05, 0) is 0 Å². The van der Waals surface area contributed by atoms with Gasteiger partial charge in [-0.1, -0.05) is 20.8 Å². The van der Waals surface area contributed by atoms with Crippen molar-refractivity contribution in [3.05, 3.63) is 0 Å².